The number of Topliss-reactive ketones (excluding diaryl/α,β-unsaturated/α-hetero) is 1. The van der Waals surface area contributed by atoms with Crippen LogP contribution in [0.3, 0.4) is 0 Å². The monoisotopic (exact) mass is 374 g/mol. The predicted molar refractivity (Wildman–Crippen MR) is 99.6 cm³/mol. The van der Waals surface area contributed by atoms with Crippen molar-refractivity contribution in [2.45, 2.75) is 58.2 Å². The molecule has 1 unspecified atom stereocenters. The Labute approximate surface area is 160 Å². The third-order valence-corrected chi connectivity index (χ3v) is 8.57. The van der Waals surface area contributed by atoms with E-state index in [1.165, 1.54) is 0 Å². The molecular formula is C22H30O5. The van der Waals surface area contributed by atoms with E-state index in [1.807, 2.05) is 13.0 Å². The van der Waals surface area contributed by atoms with Crippen molar-refractivity contribution in [3.8, 4) is 0 Å². The molecule has 4 aliphatic rings. The largest absolute Gasteiger partial charge is 0.393 e. The fourth-order valence-corrected chi connectivity index (χ4v) is 7.34. The minimum atomic E-state index is -1.57. The van der Waals surface area contributed by atoms with Crippen molar-refractivity contribution in [3.63, 3.8) is 0 Å². The summed E-state index contributed by atoms with van der Waals surface area (Å²) in [5.74, 6) is -0.0768. The average Bonchev–Trinajstić information content (AvgIpc) is 2.87. The summed E-state index contributed by atoms with van der Waals surface area (Å²) in [4.78, 5) is 24.4. The SMILES string of the molecule is C[C@@H]1C[C@@H]2[C@H]([C@H](O)CC3(C)[C@H]2CC[C@]3(O)C(=O)CO)[C@@]2(C)C=CC(=O)C=C12. The molecule has 0 aliphatic heterocycles. The summed E-state index contributed by atoms with van der Waals surface area (Å²) in [5.41, 5.74) is -1.59. The molecule has 4 aliphatic carbocycles. The lowest BCUT2D eigenvalue weighted by Crippen LogP contribution is -2.62. The summed E-state index contributed by atoms with van der Waals surface area (Å²) in [6.07, 6.45) is 6.87. The van der Waals surface area contributed by atoms with Crippen LogP contribution in [0.2, 0.25) is 0 Å². The van der Waals surface area contributed by atoms with Gasteiger partial charge in [0, 0.05) is 16.7 Å². The summed E-state index contributed by atoms with van der Waals surface area (Å²) < 4.78 is 0. The maximum absolute atomic E-state index is 12.4. The number of hydrogen-bond donors (Lipinski definition) is 3. The Morgan fingerprint density at radius 3 is 2.70 bits per heavy atom. The van der Waals surface area contributed by atoms with E-state index in [2.05, 4.69) is 13.8 Å². The highest BCUT2D eigenvalue weighted by Gasteiger charge is 2.68. The molecule has 0 radical (unpaired) electrons. The third kappa shape index (κ3) is 2.28. The molecule has 0 amide bonds. The summed E-state index contributed by atoms with van der Waals surface area (Å²) in [6, 6.07) is 0. The highest BCUT2D eigenvalue weighted by atomic mass is 16.3. The average molecular weight is 374 g/mol. The second-order valence-electron chi connectivity index (χ2n) is 9.72. The van der Waals surface area contributed by atoms with Crippen molar-refractivity contribution in [1.29, 1.82) is 0 Å². The number of hydrogen-bond acceptors (Lipinski definition) is 5. The van der Waals surface area contributed by atoms with E-state index in [0.717, 1.165) is 18.4 Å². The lowest BCUT2D eigenvalue weighted by Gasteiger charge is -2.60. The minimum Gasteiger partial charge on any atom is -0.393 e. The maximum atomic E-state index is 12.4. The highest BCUT2D eigenvalue weighted by molar-refractivity contribution is 6.01. The van der Waals surface area contributed by atoms with Gasteiger partial charge in [0.05, 0.1) is 6.10 Å². The molecule has 0 aromatic carbocycles. The first-order valence-corrected chi connectivity index (χ1v) is 10.1. The molecule has 5 nitrogen and oxygen atoms in total. The van der Waals surface area contributed by atoms with Gasteiger partial charge in [-0.1, -0.05) is 32.4 Å². The van der Waals surface area contributed by atoms with Gasteiger partial charge in [-0.15, -0.1) is 0 Å². The van der Waals surface area contributed by atoms with Crippen LogP contribution in [-0.2, 0) is 9.59 Å². The number of carbonyl (C=O) groups is 2. The van der Waals surface area contributed by atoms with E-state index >= 15 is 0 Å². The Kier molecular flexibility index (Phi) is 4.12. The van der Waals surface area contributed by atoms with Crippen LogP contribution < -0.4 is 0 Å². The van der Waals surface area contributed by atoms with Crippen LogP contribution in [0, 0.1) is 34.5 Å². The summed E-state index contributed by atoms with van der Waals surface area (Å²) in [5, 5.41) is 31.9. The van der Waals surface area contributed by atoms with Crippen molar-refractivity contribution in [1.82, 2.24) is 0 Å². The molecule has 0 aromatic heterocycles. The van der Waals surface area contributed by atoms with Gasteiger partial charge in [-0.2, -0.15) is 0 Å². The first-order valence-electron chi connectivity index (χ1n) is 10.1. The van der Waals surface area contributed by atoms with Gasteiger partial charge < -0.3 is 15.3 Å². The van der Waals surface area contributed by atoms with Gasteiger partial charge in [0.25, 0.3) is 0 Å². The van der Waals surface area contributed by atoms with Crippen LogP contribution in [0.4, 0.5) is 0 Å². The number of aliphatic hydroxyl groups excluding tert-OH is 2. The van der Waals surface area contributed by atoms with E-state index in [1.54, 1.807) is 12.2 Å². The van der Waals surface area contributed by atoms with Crippen LogP contribution in [-0.4, -0.2) is 45.2 Å². The molecule has 3 N–H and O–H groups in total. The fourth-order valence-electron chi connectivity index (χ4n) is 7.34. The van der Waals surface area contributed by atoms with Gasteiger partial charge in [-0.05, 0) is 55.6 Å². The Morgan fingerprint density at radius 2 is 2.04 bits per heavy atom. The molecule has 27 heavy (non-hydrogen) atoms. The molecule has 8 atom stereocenters. The van der Waals surface area contributed by atoms with Gasteiger partial charge in [0.2, 0.25) is 0 Å². The van der Waals surface area contributed by atoms with Crippen LogP contribution in [0.25, 0.3) is 0 Å². The Bertz CT molecular complexity index is 754. The van der Waals surface area contributed by atoms with E-state index in [0.29, 0.717) is 12.8 Å². The highest BCUT2D eigenvalue weighted by Crippen LogP contribution is 2.67. The van der Waals surface area contributed by atoms with E-state index in [-0.39, 0.29) is 34.9 Å². The maximum Gasteiger partial charge on any atom is 0.190 e. The number of rotatable bonds is 2. The first kappa shape index (κ1) is 19.0. The third-order valence-electron chi connectivity index (χ3n) is 8.57. The summed E-state index contributed by atoms with van der Waals surface area (Å²) in [7, 11) is 0. The molecular weight excluding hydrogens is 344 g/mol. The van der Waals surface area contributed by atoms with Crippen LogP contribution in [0.15, 0.2) is 23.8 Å². The number of carbonyl (C=O) groups excluding carboxylic acids is 2. The molecule has 0 saturated heterocycles. The number of aliphatic hydroxyl groups is 3. The fraction of sp³-hybridized carbons (Fsp3) is 0.727. The van der Waals surface area contributed by atoms with Crippen molar-refractivity contribution in [3.05, 3.63) is 23.8 Å². The molecule has 0 bridgehead atoms. The zero-order valence-corrected chi connectivity index (χ0v) is 16.3. The second-order valence-corrected chi connectivity index (χ2v) is 9.72. The molecule has 0 spiro atoms. The molecule has 5 heteroatoms. The van der Waals surface area contributed by atoms with Gasteiger partial charge in [-0.3, -0.25) is 9.59 Å². The topological polar surface area (TPSA) is 94.8 Å². The molecule has 4 rings (SSSR count). The van der Waals surface area contributed by atoms with Crippen molar-refractivity contribution < 1.29 is 24.9 Å². The first-order chi connectivity index (χ1) is 12.6. The van der Waals surface area contributed by atoms with Gasteiger partial charge in [0.15, 0.2) is 11.6 Å². The molecule has 3 saturated carbocycles. The predicted octanol–water partition coefficient (Wildman–Crippen LogP) is 1.80. The quantitative estimate of drug-likeness (QED) is 0.685. The number of allylic oxidation sites excluding steroid dienone is 4. The summed E-state index contributed by atoms with van der Waals surface area (Å²) >= 11 is 0. The Morgan fingerprint density at radius 1 is 1.33 bits per heavy atom. The number of ketones is 2. The smallest absolute Gasteiger partial charge is 0.190 e. The van der Waals surface area contributed by atoms with Crippen LogP contribution >= 0.6 is 0 Å². The van der Waals surface area contributed by atoms with Crippen molar-refractivity contribution in [2.24, 2.45) is 34.5 Å². The summed E-state index contributed by atoms with van der Waals surface area (Å²) in [6.45, 7) is 5.48. The molecule has 0 heterocycles. The lowest BCUT2D eigenvalue weighted by molar-refractivity contribution is -0.180. The molecule has 0 aromatic rings. The standard InChI is InChI=1S/C22H30O5/c1-12-8-14-15-5-7-22(27,18(26)11-23)21(15,3)10-17(25)19(14)20(2)6-4-13(24)9-16(12)20/h4,6,9,12,14-15,17,19,23,25,27H,5,7-8,10-11H2,1-3H3/t12-,14+,15+,17-,19-,20+,21?,22+/m1/s1. The van der Waals surface area contributed by atoms with Crippen molar-refractivity contribution in [2.75, 3.05) is 6.61 Å². The zero-order valence-electron chi connectivity index (χ0n) is 16.3. The normalized spacial score (nSPS) is 51.3. The molecule has 3 fully saturated rings. The van der Waals surface area contributed by atoms with Crippen LogP contribution in [0.1, 0.15) is 46.5 Å². The van der Waals surface area contributed by atoms with Gasteiger partial charge in [0.1, 0.15) is 12.2 Å². The van der Waals surface area contributed by atoms with E-state index < -0.39 is 29.5 Å². The Hall–Kier alpha value is -1.30. The van der Waals surface area contributed by atoms with Gasteiger partial charge >= 0.3 is 0 Å². The van der Waals surface area contributed by atoms with Crippen LogP contribution in [0.5, 0.6) is 0 Å². The number of fused-ring (bicyclic) bond motifs is 5. The second kappa shape index (κ2) is 5.85. The Balaban J connectivity index is 1.78. The molecule has 148 valence electrons. The lowest BCUT2D eigenvalue weighted by atomic mass is 9.45. The zero-order chi connectivity index (χ0) is 19.8. The van der Waals surface area contributed by atoms with E-state index in [9.17, 15) is 24.9 Å². The minimum absolute atomic E-state index is 0.00620. The van der Waals surface area contributed by atoms with Crippen molar-refractivity contribution >= 4 is 11.6 Å². The van der Waals surface area contributed by atoms with E-state index in [4.69, 9.17) is 0 Å². The van der Waals surface area contributed by atoms with Gasteiger partial charge in [-0.25, -0.2) is 0 Å².